The fraction of sp³-hybridized carbons (Fsp3) is 0.179. The Morgan fingerprint density at radius 3 is 2.40 bits per heavy atom. The second kappa shape index (κ2) is 9.50. The number of fused-ring (bicyclic) bond motifs is 2. The van der Waals surface area contributed by atoms with Crippen LogP contribution in [0.15, 0.2) is 65.7 Å². The zero-order valence-electron chi connectivity index (χ0n) is 19.7. The first kappa shape index (κ1) is 23.1. The minimum Gasteiger partial charge on any atom is -0.438 e. The fourth-order valence-corrected chi connectivity index (χ4v) is 4.96. The third kappa shape index (κ3) is 4.77. The molecule has 4 aromatic rings. The quantitative estimate of drug-likeness (QED) is 0.223. The fourth-order valence-electron chi connectivity index (χ4n) is 4.13. The summed E-state index contributed by atoms with van der Waals surface area (Å²) in [6.07, 6.45) is 0.608. The molecule has 0 radical (unpaired) electrons. The average molecular weight is 486 g/mol. The summed E-state index contributed by atoms with van der Waals surface area (Å²) in [4.78, 5) is 22.3. The van der Waals surface area contributed by atoms with Crippen LogP contribution >= 0.6 is 11.8 Å². The number of para-hydroxylation sites is 2. The van der Waals surface area contributed by atoms with Crippen LogP contribution in [-0.4, -0.2) is 21.6 Å². The van der Waals surface area contributed by atoms with Gasteiger partial charge in [-0.3, -0.25) is 4.79 Å². The maximum Gasteiger partial charge on any atom is 0.234 e. The Kier molecular flexibility index (Phi) is 6.26. The van der Waals surface area contributed by atoms with Crippen LogP contribution in [0.3, 0.4) is 0 Å². The number of thioether (sulfide) groups is 1. The second-order valence-corrected chi connectivity index (χ2v) is 9.55. The van der Waals surface area contributed by atoms with Gasteiger partial charge < -0.3 is 10.1 Å². The lowest BCUT2D eigenvalue weighted by Crippen LogP contribution is -2.16. The highest BCUT2D eigenvalue weighted by Gasteiger charge is 2.25. The molecule has 0 saturated carbocycles. The Balaban J connectivity index is 1.47. The van der Waals surface area contributed by atoms with Crippen LogP contribution in [0.4, 0.5) is 10.1 Å². The topological polar surface area (TPSA) is 64.1 Å². The number of halogens is 1. The monoisotopic (exact) mass is 485 g/mol. The molecule has 1 N–H and O–H groups in total. The highest BCUT2D eigenvalue weighted by molar-refractivity contribution is 8.00. The van der Waals surface area contributed by atoms with Crippen molar-refractivity contribution in [2.24, 2.45) is 0 Å². The maximum atomic E-state index is 13.5. The number of aromatic nitrogens is 2. The number of aryl methyl sites for hydroxylation is 3. The van der Waals surface area contributed by atoms with E-state index < -0.39 is 0 Å². The summed E-state index contributed by atoms with van der Waals surface area (Å²) in [5.41, 5.74) is 6.47. The lowest BCUT2D eigenvalue weighted by Gasteiger charge is -2.23. The van der Waals surface area contributed by atoms with Crippen molar-refractivity contribution in [3.05, 3.63) is 94.3 Å². The van der Waals surface area contributed by atoms with Crippen LogP contribution in [0.5, 0.6) is 11.6 Å². The number of amides is 1. The Labute approximate surface area is 207 Å². The number of hydrogen-bond acceptors (Lipinski definition) is 5. The summed E-state index contributed by atoms with van der Waals surface area (Å²) < 4.78 is 19.7. The van der Waals surface area contributed by atoms with Crippen molar-refractivity contribution in [1.29, 1.82) is 0 Å². The van der Waals surface area contributed by atoms with Crippen molar-refractivity contribution in [2.75, 3.05) is 11.1 Å². The number of benzene rings is 3. The first-order valence-electron chi connectivity index (χ1n) is 11.3. The second-order valence-electron chi connectivity index (χ2n) is 8.59. The summed E-state index contributed by atoms with van der Waals surface area (Å²) in [5, 5.41) is 3.71. The number of nitrogens with zero attached hydrogens (tertiary/aromatic N) is 2. The van der Waals surface area contributed by atoms with Crippen LogP contribution in [0.2, 0.25) is 0 Å². The highest BCUT2D eigenvalue weighted by Crippen LogP contribution is 2.41. The molecule has 0 saturated heterocycles. The largest absolute Gasteiger partial charge is 0.438 e. The summed E-state index contributed by atoms with van der Waals surface area (Å²) in [5.74, 6) is 1.44. The summed E-state index contributed by atoms with van der Waals surface area (Å²) >= 11 is 1.35. The standard InChI is InChI=1S/C28H24FN3O2S/c1-16-6-4-7-17(2)24(16)30-23(33)15-35-28-22-14-20-9-5-8-18(3)25(20)34-27(22)31-26(32-28)19-10-12-21(29)13-11-19/h4-13H,14-15H2,1-3H3,(H,30,33). The molecule has 2 heterocycles. The molecule has 35 heavy (non-hydrogen) atoms. The molecule has 7 heteroatoms. The molecule has 0 spiro atoms. The van der Waals surface area contributed by atoms with Gasteiger partial charge in [-0.2, -0.15) is 4.98 Å². The lowest BCUT2D eigenvalue weighted by atomic mass is 10.0. The van der Waals surface area contributed by atoms with Gasteiger partial charge in [-0.05, 0) is 67.3 Å². The Morgan fingerprint density at radius 1 is 0.971 bits per heavy atom. The zero-order valence-corrected chi connectivity index (χ0v) is 20.5. The molecule has 0 atom stereocenters. The minimum atomic E-state index is -0.328. The van der Waals surface area contributed by atoms with Gasteiger partial charge >= 0.3 is 0 Å². The van der Waals surface area contributed by atoms with E-state index in [9.17, 15) is 9.18 Å². The number of ether oxygens (including phenoxy) is 1. The average Bonchev–Trinajstić information content (AvgIpc) is 2.84. The number of carbonyl (C=O) groups excluding carboxylic acids is 1. The molecular weight excluding hydrogens is 461 g/mol. The summed E-state index contributed by atoms with van der Waals surface area (Å²) in [6, 6.07) is 18.0. The highest BCUT2D eigenvalue weighted by atomic mass is 32.2. The van der Waals surface area contributed by atoms with Gasteiger partial charge in [0, 0.05) is 17.7 Å². The molecule has 5 rings (SSSR count). The first-order valence-corrected chi connectivity index (χ1v) is 12.3. The van der Waals surface area contributed by atoms with Gasteiger partial charge in [0.2, 0.25) is 11.8 Å². The third-order valence-electron chi connectivity index (χ3n) is 5.98. The van der Waals surface area contributed by atoms with Gasteiger partial charge in [0.1, 0.15) is 16.6 Å². The molecule has 0 bridgehead atoms. The SMILES string of the molecule is Cc1cccc(C)c1NC(=O)CSc1nc(-c2ccc(F)cc2)nc2c1Cc1cccc(C)c1O2. The predicted molar refractivity (Wildman–Crippen MR) is 137 cm³/mol. The van der Waals surface area contributed by atoms with Crippen molar-refractivity contribution in [2.45, 2.75) is 32.2 Å². The van der Waals surface area contributed by atoms with E-state index in [0.29, 0.717) is 28.7 Å². The van der Waals surface area contributed by atoms with Gasteiger partial charge in [-0.25, -0.2) is 9.37 Å². The van der Waals surface area contributed by atoms with E-state index >= 15 is 0 Å². The molecule has 3 aromatic carbocycles. The summed E-state index contributed by atoms with van der Waals surface area (Å²) in [6.45, 7) is 5.95. The number of rotatable bonds is 5. The zero-order chi connectivity index (χ0) is 24.5. The molecule has 0 fully saturated rings. The van der Waals surface area contributed by atoms with Crippen molar-refractivity contribution in [3.63, 3.8) is 0 Å². The van der Waals surface area contributed by atoms with Gasteiger partial charge in [0.25, 0.3) is 0 Å². The van der Waals surface area contributed by atoms with Crippen LogP contribution in [0, 0.1) is 26.6 Å². The van der Waals surface area contributed by atoms with Crippen LogP contribution in [-0.2, 0) is 11.2 Å². The number of nitrogens with one attached hydrogen (secondary N) is 1. The molecular formula is C28H24FN3O2S. The van der Waals surface area contributed by atoms with Gasteiger partial charge in [0.05, 0.1) is 11.3 Å². The molecule has 0 aliphatic carbocycles. The molecule has 1 aliphatic rings. The van der Waals surface area contributed by atoms with Crippen LogP contribution in [0.1, 0.15) is 27.8 Å². The van der Waals surface area contributed by atoms with E-state index in [2.05, 4.69) is 10.3 Å². The van der Waals surface area contributed by atoms with Gasteiger partial charge in [-0.1, -0.05) is 48.2 Å². The smallest absolute Gasteiger partial charge is 0.234 e. The van der Waals surface area contributed by atoms with Gasteiger partial charge in [0.15, 0.2) is 5.82 Å². The number of anilines is 1. The van der Waals surface area contributed by atoms with E-state index in [1.807, 2.05) is 57.2 Å². The number of hydrogen-bond donors (Lipinski definition) is 1. The predicted octanol–water partition coefficient (Wildman–Crippen LogP) is 6.64. The maximum absolute atomic E-state index is 13.5. The first-order chi connectivity index (χ1) is 16.9. The molecule has 5 nitrogen and oxygen atoms in total. The van der Waals surface area contributed by atoms with E-state index in [1.165, 1.54) is 23.9 Å². The summed E-state index contributed by atoms with van der Waals surface area (Å²) in [7, 11) is 0. The molecule has 1 amide bonds. The van der Waals surface area contributed by atoms with E-state index in [4.69, 9.17) is 9.72 Å². The van der Waals surface area contributed by atoms with E-state index in [0.717, 1.165) is 39.3 Å². The van der Waals surface area contributed by atoms with Crippen LogP contribution in [0.25, 0.3) is 11.4 Å². The molecule has 176 valence electrons. The van der Waals surface area contributed by atoms with Crippen molar-refractivity contribution in [3.8, 4) is 23.0 Å². The Hall–Kier alpha value is -3.71. The normalized spacial score (nSPS) is 11.9. The van der Waals surface area contributed by atoms with Crippen LogP contribution < -0.4 is 10.1 Å². The third-order valence-corrected chi connectivity index (χ3v) is 7.00. The Bertz CT molecular complexity index is 1420. The number of carbonyl (C=O) groups is 1. The minimum absolute atomic E-state index is 0.115. The van der Waals surface area contributed by atoms with Crippen molar-refractivity contribution >= 4 is 23.4 Å². The van der Waals surface area contributed by atoms with Crippen molar-refractivity contribution in [1.82, 2.24) is 9.97 Å². The molecule has 1 aromatic heterocycles. The molecule has 0 unspecified atom stereocenters. The van der Waals surface area contributed by atoms with E-state index in [1.54, 1.807) is 12.1 Å². The Morgan fingerprint density at radius 2 is 1.66 bits per heavy atom. The van der Waals surface area contributed by atoms with E-state index in [-0.39, 0.29) is 17.5 Å². The van der Waals surface area contributed by atoms with Crippen molar-refractivity contribution < 1.29 is 13.9 Å². The molecule has 1 aliphatic heterocycles. The van der Waals surface area contributed by atoms with Gasteiger partial charge in [-0.15, -0.1) is 0 Å². The lowest BCUT2D eigenvalue weighted by molar-refractivity contribution is -0.113.